The highest BCUT2D eigenvalue weighted by atomic mass is 79.9. The minimum Gasteiger partial charge on any atom is -0.400 e. The number of piperidine rings is 1. The van der Waals surface area contributed by atoms with Crippen LogP contribution >= 0.6 is 39.1 Å². The number of piperazine rings is 1. The SMILES string of the molecule is CO.Fc1c(Br)c(Cl)cc2c(N3CC4CC(C3)N4)nc(Cl)nc12. The van der Waals surface area contributed by atoms with E-state index in [1.165, 1.54) is 6.42 Å². The third kappa shape index (κ3) is 3.00. The van der Waals surface area contributed by atoms with Gasteiger partial charge in [0.2, 0.25) is 5.28 Å². The number of rotatable bonds is 1. The Hall–Kier alpha value is -0.730. The van der Waals surface area contributed by atoms with Crippen LogP contribution < -0.4 is 10.2 Å². The maximum atomic E-state index is 14.4. The number of halogens is 4. The molecule has 3 aliphatic rings. The molecule has 3 fully saturated rings. The first-order chi connectivity index (χ1) is 11.0. The molecule has 5 rings (SSSR count). The molecule has 23 heavy (non-hydrogen) atoms. The molecular weight excluding hydrogens is 410 g/mol. The zero-order valence-electron chi connectivity index (χ0n) is 12.2. The highest BCUT2D eigenvalue weighted by Gasteiger charge is 2.37. The van der Waals surface area contributed by atoms with Gasteiger partial charge in [-0.25, -0.2) is 9.37 Å². The fraction of sp³-hybridized carbons (Fsp3) is 0.429. The van der Waals surface area contributed by atoms with E-state index in [4.69, 9.17) is 28.3 Å². The number of aliphatic hydroxyl groups excluding tert-OH is 1. The van der Waals surface area contributed by atoms with Gasteiger partial charge in [-0.15, -0.1) is 0 Å². The largest absolute Gasteiger partial charge is 0.400 e. The molecule has 1 aromatic heterocycles. The van der Waals surface area contributed by atoms with Crippen LogP contribution in [-0.4, -0.2) is 47.4 Å². The minimum atomic E-state index is -0.511. The summed E-state index contributed by atoms with van der Waals surface area (Å²) in [6.45, 7) is 1.66. The van der Waals surface area contributed by atoms with Gasteiger partial charge in [-0.3, -0.25) is 0 Å². The van der Waals surface area contributed by atoms with Crippen molar-refractivity contribution in [1.29, 1.82) is 0 Å². The summed E-state index contributed by atoms with van der Waals surface area (Å²) in [5.74, 6) is 0.137. The van der Waals surface area contributed by atoms with E-state index in [9.17, 15) is 4.39 Å². The van der Waals surface area contributed by atoms with E-state index >= 15 is 0 Å². The van der Waals surface area contributed by atoms with Crippen LogP contribution in [-0.2, 0) is 0 Å². The molecule has 0 spiro atoms. The molecule has 2 bridgehead atoms. The van der Waals surface area contributed by atoms with E-state index in [1.807, 2.05) is 0 Å². The molecule has 2 unspecified atom stereocenters. The van der Waals surface area contributed by atoms with Gasteiger partial charge in [-0.2, -0.15) is 4.98 Å². The lowest BCUT2D eigenvalue weighted by Gasteiger charge is -2.48. The van der Waals surface area contributed by atoms with E-state index in [1.54, 1.807) is 6.07 Å². The van der Waals surface area contributed by atoms with Crippen molar-refractivity contribution >= 4 is 55.9 Å². The second-order valence-electron chi connectivity index (χ2n) is 5.40. The van der Waals surface area contributed by atoms with Crippen molar-refractivity contribution in [1.82, 2.24) is 15.3 Å². The first-order valence-corrected chi connectivity index (χ1v) is 8.54. The lowest BCUT2D eigenvalue weighted by atomic mass is 9.91. The zero-order valence-corrected chi connectivity index (χ0v) is 15.3. The van der Waals surface area contributed by atoms with E-state index in [0.29, 0.717) is 28.3 Å². The van der Waals surface area contributed by atoms with Crippen LogP contribution in [0.2, 0.25) is 10.3 Å². The summed E-state index contributed by atoms with van der Waals surface area (Å²) < 4.78 is 14.6. The highest BCUT2D eigenvalue weighted by molar-refractivity contribution is 9.10. The summed E-state index contributed by atoms with van der Waals surface area (Å²) in [4.78, 5) is 10.4. The summed E-state index contributed by atoms with van der Waals surface area (Å²) in [5, 5.41) is 11.4. The van der Waals surface area contributed by atoms with Gasteiger partial charge < -0.3 is 15.3 Å². The van der Waals surface area contributed by atoms with Gasteiger partial charge in [0.25, 0.3) is 0 Å². The quantitative estimate of drug-likeness (QED) is 0.545. The molecule has 2 atom stereocenters. The Morgan fingerprint density at radius 3 is 2.52 bits per heavy atom. The molecule has 3 saturated heterocycles. The number of hydrogen-bond acceptors (Lipinski definition) is 5. The molecule has 124 valence electrons. The molecule has 2 aromatic rings. The number of nitrogens with one attached hydrogen (secondary N) is 1. The predicted octanol–water partition coefficient (Wildman–Crippen LogP) is 3.00. The van der Waals surface area contributed by atoms with Crippen LogP contribution in [0.1, 0.15) is 6.42 Å². The normalized spacial score (nSPS) is 22.4. The monoisotopic (exact) mass is 422 g/mol. The summed E-state index contributed by atoms with van der Waals surface area (Å²) in [6, 6.07) is 2.61. The fourth-order valence-corrected chi connectivity index (χ4v) is 3.72. The Balaban J connectivity index is 0.000000753. The van der Waals surface area contributed by atoms with E-state index < -0.39 is 5.82 Å². The topological polar surface area (TPSA) is 61.3 Å². The number of aliphatic hydroxyl groups is 1. The van der Waals surface area contributed by atoms with Crippen LogP contribution in [0.15, 0.2) is 10.5 Å². The van der Waals surface area contributed by atoms with Crippen molar-refractivity contribution in [2.24, 2.45) is 0 Å². The van der Waals surface area contributed by atoms with Crippen molar-refractivity contribution in [3.63, 3.8) is 0 Å². The lowest BCUT2D eigenvalue weighted by molar-refractivity contribution is 0.225. The smallest absolute Gasteiger partial charge is 0.225 e. The van der Waals surface area contributed by atoms with Gasteiger partial charge >= 0.3 is 0 Å². The molecule has 5 nitrogen and oxygen atoms in total. The van der Waals surface area contributed by atoms with Crippen molar-refractivity contribution in [2.75, 3.05) is 25.1 Å². The average Bonchev–Trinajstić information content (AvgIpc) is 2.54. The Kier molecular flexibility index (Phi) is 4.94. The molecule has 0 radical (unpaired) electrons. The van der Waals surface area contributed by atoms with E-state index in [0.717, 1.165) is 20.2 Å². The van der Waals surface area contributed by atoms with Gasteiger partial charge in [-0.1, -0.05) is 11.6 Å². The zero-order chi connectivity index (χ0) is 16.7. The van der Waals surface area contributed by atoms with Crippen molar-refractivity contribution in [3.8, 4) is 0 Å². The van der Waals surface area contributed by atoms with Crippen molar-refractivity contribution in [2.45, 2.75) is 18.5 Å². The number of hydrogen-bond donors (Lipinski definition) is 2. The predicted molar refractivity (Wildman–Crippen MR) is 92.9 cm³/mol. The molecule has 0 amide bonds. The van der Waals surface area contributed by atoms with Crippen LogP contribution in [0.5, 0.6) is 0 Å². The Bertz CT molecular complexity index is 747. The molecule has 0 saturated carbocycles. The Morgan fingerprint density at radius 1 is 1.30 bits per heavy atom. The lowest BCUT2D eigenvalue weighted by Crippen LogP contribution is -2.67. The number of fused-ring (bicyclic) bond motifs is 3. The number of nitrogens with zero attached hydrogens (tertiary/aromatic N) is 3. The van der Waals surface area contributed by atoms with Gasteiger partial charge in [0.15, 0.2) is 5.82 Å². The molecule has 0 aliphatic carbocycles. The molecular formula is C14H14BrCl2FN4O. The molecule has 1 aromatic carbocycles. The van der Waals surface area contributed by atoms with Crippen LogP contribution in [0.4, 0.5) is 10.2 Å². The van der Waals surface area contributed by atoms with Gasteiger partial charge in [0, 0.05) is 37.7 Å². The van der Waals surface area contributed by atoms with Gasteiger partial charge in [0.1, 0.15) is 11.3 Å². The van der Waals surface area contributed by atoms with Gasteiger partial charge in [0.05, 0.1) is 9.50 Å². The summed E-state index contributed by atoms with van der Waals surface area (Å²) in [5.41, 5.74) is 0.188. The fourth-order valence-electron chi connectivity index (χ4n) is 3.06. The van der Waals surface area contributed by atoms with E-state index in [2.05, 4.69) is 36.1 Å². The molecule has 4 heterocycles. The Morgan fingerprint density at radius 2 is 1.91 bits per heavy atom. The summed E-state index contributed by atoms with van der Waals surface area (Å²) in [6.07, 6.45) is 1.17. The maximum absolute atomic E-state index is 14.4. The van der Waals surface area contributed by atoms with Crippen LogP contribution in [0.3, 0.4) is 0 Å². The molecule has 2 N–H and O–H groups in total. The number of aromatic nitrogens is 2. The van der Waals surface area contributed by atoms with Crippen molar-refractivity contribution < 1.29 is 9.50 Å². The third-order valence-electron chi connectivity index (χ3n) is 4.00. The second kappa shape index (κ2) is 6.64. The minimum absolute atomic E-state index is 0.0397. The van der Waals surface area contributed by atoms with Gasteiger partial charge in [-0.05, 0) is 40.0 Å². The number of anilines is 1. The first kappa shape index (κ1) is 17.1. The Labute approximate surface area is 150 Å². The second-order valence-corrected chi connectivity index (χ2v) is 6.94. The standard InChI is InChI=1S/C13H10BrCl2FN4.CH4O/c14-9-8(15)2-7-11(10(9)17)19-13(16)20-12(7)21-3-5-1-6(4-21)18-5;1-2/h2,5-6,18H,1,3-4H2;2H,1H3. The van der Waals surface area contributed by atoms with Crippen molar-refractivity contribution in [3.05, 3.63) is 26.7 Å². The average molecular weight is 424 g/mol. The molecule has 9 heteroatoms. The van der Waals surface area contributed by atoms with Crippen LogP contribution in [0.25, 0.3) is 10.9 Å². The third-order valence-corrected chi connectivity index (χ3v) is 5.47. The number of benzene rings is 1. The summed E-state index contributed by atoms with van der Waals surface area (Å²) in [7, 11) is 1.00. The van der Waals surface area contributed by atoms with E-state index in [-0.39, 0.29) is 15.3 Å². The molecule has 3 aliphatic heterocycles. The maximum Gasteiger partial charge on any atom is 0.225 e. The van der Waals surface area contributed by atoms with Crippen LogP contribution in [0, 0.1) is 5.82 Å². The highest BCUT2D eigenvalue weighted by Crippen LogP contribution is 2.37. The summed E-state index contributed by atoms with van der Waals surface area (Å²) >= 11 is 15.2. The first-order valence-electron chi connectivity index (χ1n) is 6.99.